The van der Waals surface area contributed by atoms with Crippen molar-refractivity contribution in [2.75, 3.05) is 11.9 Å². The number of halogens is 1. The fourth-order valence-electron chi connectivity index (χ4n) is 2.35. The minimum Gasteiger partial charge on any atom is -0.460 e. The van der Waals surface area contributed by atoms with Crippen molar-refractivity contribution in [3.8, 4) is 0 Å². The van der Waals surface area contributed by atoms with Crippen LogP contribution < -0.4 is 16.4 Å². The Balaban J connectivity index is 2.04. The summed E-state index contributed by atoms with van der Waals surface area (Å²) in [6.45, 7) is 5.57. The summed E-state index contributed by atoms with van der Waals surface area (Å²) in [6, 6.07) is 5.14. The molecule has 1 heterocycles. The second kappa shape index (κ2) is 8.68. The van der Waals surface area contributed by atoms with Crippen LogP contribution >= 0.6 is 11.8 Å². The second-order valence-electron chi connectivity index (χ2n) is 6.81. The number of fused-ring (bicyclic) bond motifs is 1. The molecule has 2 rings (SSSR count). The molecule has 8 nitrogen and oxygen atoms in total. The zero-order valence-electron chi connectivity index (χ0n) is 15.4. The van der Waals surface area contributed by atoms with Crippen LogP contribution in [0.4, 0.5) is 5.69 Å². The number of rotatable bonds is 5. The molecular formula is C18H22ClN5O3. The summed E-state index contributed by atoms with van der Waals surface area (Å²) in [6.07, 6.45) is 3.31. The van der Waals surface area contributed by atoms with Crippen LogP contribution in [-0.4, -0.2) is 35.0 Å². The number of nitrogens with zero attached hydrogens (tertiary/aromatic N) is 2. The SMILES string of the molecule is CC(C)(C)OC(=O)CCNC(=O)c1ccc2c(NC(N)=NCl)cncc2c1. The summed E-state index contributed by atoms with van der Waals surface area (Å²) < 4.78 is 8.53. The maximum Gasteiger partial charge on any atom is 0.308 e. The van der Waals surface area contributed by atoms with E-state index >= 15 is 0 Å². The fraction of sp³-hybridized carbons (Fsp3) is 0.333. The lowest BCUT2D eigenvalue weighted by Gasteiger charge is -2.19. The van der Waals surface area contributed by atoms with E-state index < -0.39 is 5.60 Å². The van der Waals surface area contributed by atoms with E-state index in [4.69, 9.17) is 22.2 Å². The molecule has 0 saturated heterocycles. The number of ether oxygens (including phenoxy) is 1. The van der Waals surface area contributed by atoms with Crippen LogP contribution in [0.15, 0.2) is 35.1 Å². The maximum atomic E-state index is 12.3. The Hall–Kier alpha value is -2.87. The first kappa shape index (κ1) is 20.4. The van der Waals surface area contributed by atoms with Gasteiger partial charge in [0.1, 0.15) is 5.60 Å². The standard InChI is InChI=1S/C18H22ClN5O3/c1-18(2,3)27-15(25)6-7-22-16(26)11-4-5-13-12(8-11)9-21-10-14(13)23-17(20)24-19/h4-5,8-10H,6-7H2,1-3H3,(H,22,26)(H3,20,23,24). The number of hydrogen-bond donors (Lipinski definition) is 3. The van der Waals surface area contributed by atoms with Gasteiger partial charge >= 0.3 is 5.97 Å². The molecule has 1 aromatic carbocycles. The van der Waals surface area contributed by atoms with Crippen molar-refractivity contribution < 1.29 is 14.3 Å². The van der Waals surface area contributed by atoms with Crippen molar-refractivity contribution in [2.45, 2.75) is 32.8 Å². The number of nitrogens with one attached hydrogen (secondary N) is 2. The molecule has 1 aromatic heterocycles. The molecule has 0 atom stereocenters. The van der Waals surface area contributed by atoms with Crippen LogP contribution in [0.2, 0.25) is 0 Å². The quantitative estimate of drug-likeness (QED) is 0.409. The zero-order chi connectivity index (χ0) is 20.0. The van der Waals surface area contributed by atoms with Gasteiger partial charge in [0.05, 0.1) is 18.3 Å². The maximum absolute atomic E-state index is 12.3. The predicted molar refractivity (Wildman–Crippen MR) is 106 cm³/mol. The number of anilines is 1. The van der Waals surface area contributed by atoms with Crippen LogP contribution in [0.5, 0.6) is 0 Å². The Bertz CT molecular complexity index is 877. The van der Waals surface area contributed by atoms with Gasteiger partial charge in [-0.15, -0.1) is 4.51 Å². The molecule has 0 aliphatic heterocycles. The minimum atomic E-state index is -0.546. The Morgan fingerprint density at radius 1 is 1.30 bits per heavy atom. The Kier molecular flexibility index (Phi) is 6.57. The summed E-state index contributed by atoms with van der Waals surface area (Å²) in [5, 5.41) is 7.08. The zero-order valence-corrected chi connectivity index (χ0v) is 16.1. The van der Waals surface area contributed by atoms with E-state index in [1.807, 2.05) is 0 Å². The van der Waals surface area contributed by atoms with Gasteiger partial charge in [-0.05, 0) is 32.9 Å². The van der Waals surface area contributed by atoms with Crippen molar-refractivity contribution >= 4 is 46.1 Å². The van der Waals surface area contributed by atoms with Crippen molar-refractivity contribution in [2.24, 2.45) is 10.2 Å². The lowest BCUT2D eigenvalue weighted by atomic mass is 10.1. The second-order valence-corrected chi connectivity index (χ2v) is 6.98. The lowest BCUT2D eigenvalue weighted by Crippen LogP contribution is -2.29. The van der Waals surface area contributed by atoms with Crippen LogP contribution in [0.25, 0.3) is 10.8 Å². The first-order valence-corrected chi connectivity index (χ1v) is 8.62. The third kappa shape index (κ3) is 6.10. The van der Waals surface area contributed by atoms with Crippen LogP contribution in [0.3, 0.4) is 0 Å². The Labute approximate surface area is 162 Å². The molecule has 0 aliphatic carbocycles. The van der Waals surface area contributed by atoms with Crippen LogP contribution in [0.1, 0.15) is 37.6 Å². The highest BCUT2D eigenvalue weighted by atomic mass is 35.5. The predicted octanol–water partition coefficient (Wildman–Crippen LogP) is 2.58. The molecule has 9 heteroatoms. The third-order valence-electron chi connectivity index (χ3n) is 3.41. The average molecular weight is 392 g/mol. The molecule has 1 amide bonds. The molecule has 0 aliphatic rings. The van der Waals surface area contributed by atoms with Gasteiger partial charge in [0.2, 0.25) is 5.96 Å². The summed E-state index contributed by atoms with van der Waals surface area (Å²) >= 11 is 5.32. The van der Waals surface area contributed by atoms with E-state index in [0.29, 0.717) is 11.3 Å². The van der Waals surface area contributed by atoms with Crippen molar-refractivity contribution in [3.63, 3.8) is 0 Å². The molecular weight excluding hydrogens is 370 g/mol. The number of hydrogen-bond acceptors (Lipinski definition) is 5. The molecule has 144 valence electrons. The number of amides is 1. The topological polar surface area (TPSA) is 119 Å². The Morgan fingerprint density at radius 3 is 2.70 bits per heavy atom. The molecule has 0 bridgehead atoms. The summed E-state index contributed by atoms with van der Waals surface area (Å²) in [7, 11) is 0. The summed E-state index contributed by atoms with van der Waals surface area (Å²) in [5.41, 5.74) is 6.09. The van der Waals surface area contributed by atoms with E-state index in [-0.39, 0.29) is 30.8 Å². The highest BCUT2D eigenvalue weighted by Crippen LogP contribution is 2.23. The number of pyridine rings is 1. The number of nitrogens with two attached hydrogens (primary N) is 1. The smallest absolute Gasteiger partial charge is 0.308 e. The molecule has 0 saturated carbocycles. The van der Waals surface area contributed by atoms with Crippen molar-refractivity contribution in [3.05, 3.63) is 36.2 Å². The van der Waals surface area contributed by atoms with Gasteiger partial charge in [0, 0.05) is 40.9 Å². The summed E-state index contributed by atoms with van der Waals surface area (Å²) in [5.74, 6) is -0.615. The highest BCUT2D eigenvalue weighted by Gasteiger charge is 2.16. The third-order valence-corrected chi connectivity index (χ3v) is 3.59. The highest BCUT2D eigenvalue weighted by molar-refractivity contribution is 6.21. The molecule has 4 N–H and O–H groups in total. The van der Waals surface area contributed by atoms with Gasteiger partial charge in [-0.25, -0.2) is 0 Å². The van der Waals surface area contributed by atoms with E-state index in [1.165, 1.54) is 0 Å². The van der Waals surface area contributed by atoms with Gasteiger partial charge in [0.15, 0.2) is 0 Å². The van der Waals surface area contributed by atoms with E-state index in [1.54, 1.807) is 51.4 Å². The number of aromatic nitrogens is 1. The molecule has 2 aromatic rings. The number of carbonyl (C=O) groups is 2. The van der Waals surface area contributed by atoms with Gasteiger partial charge in [-0.1, -0.05) is 6.07 Å². The van der Waals surface area contributed by atoms with Crippen LogP contribution in [0, 0.1) is 0 Å². The van der Waals surface area contributed by atoms with E-state index in [0.717, 1.165) is 10.8 Å². The van der Waals surface area contributed by atoms with Gasteiger partial charge in [-0.2, -0.15) is 0 Å². The van der Waals surface area contributed by atoms with Gasteiger partial charge in [0.25, 0.3) is 5.91 Å². The average Bonchev–Trinajstić information content (AvgIpc) is 2.59. The van der Waals surface area contributed by atoms with E-state index in [9.17, 15) is 9.59 Å². The first-order chi connectivity index (χ1) is 12.7. The van der Waals surface area contributed by atoms with Gasteiger partial charge < -0.3 is 21.1 Å². The number of guanidine groups is 1. The van der Waals surface area contributed by atoms with Crippen molar-refractivity contribution in [1.29, 1.82) is 0 Å². The fourth-order valence-corrected chi connectivity index (χ4v) is 2.39. The normalized spacial score (nSPS) is 11.9. The van der Waals surface area contributed by atoms with Crippen molar-refractivity contribution in [1.82, 2.24) is 10.3 Å². The van der Waals surface area contributed by atoms with Crippen LogP contribution in [-0.2, 0) is 9.53 Å². The largest absolute Gasteiger partial charge is 0.460 e. The summed E-state index contributed by atoms with van der Waals surface area (Å²) in [4.78, 5) is 28.1. The Morgan fingerprint density at radius 2 is 2.04 bits per heavy atom. The van der Waals surface area contributed by atoms with Gasteiger partial charge in [-0.3, -0.25) is 14.6 Å². The minimum absolute atomic E-state index is 0.0370. The molecule has 0 spiro atoms. The molecule has 27 heavy (non-hydrogen) atoms. The molecule has 0 unspecified atom stereocenters. The van der Waals surface area contributed by atoms with E-state index in [2.05, 4.69) is 20.1 Å². The first-order valence-electron chi connectivity index (χ1n) is 8.29. The number of esters is 1. The lowest BCUT2D eigenvalue weighted by molar-refractivity contribution is -0.154. The monoisotopic (exact) mass is 391 g/mol. The number of benzene rings is 1. The number of carbonyl (C=O) groups excluding carboxylic acids is 2. The molecule has 0 radical (unpaired) electrons. The molecule has 0 fully saturated rings.